The van der Waals surface area contributed by atoms with Gasteiger partial charge < -0.3 is 0 Å². The van der Waals surface area contributed by atoms with Crippen molar-refractivity contribution in [3.8, 4) is 56.4 Å². The van der Waals surface area contributed by atoms with E-state index in [1.807, 2.05) is 60.7 Å². The maximum atomic E-state index is 4.95. The summed E-state index contributed by atoms with van der Waals surface area (Å²) in [4.78, 5) is 14.8. The largest absolute Gasteiger partial charge is 0.208 e. The summed E-state index contributed by atoms with van der Waals surface area (Å²) in [6.45, 7) is 4.65. The van der Waals surface area contributed by atoms with Crippen molar-refractivity contribution >= 4 is 15.9 Å². The van der Waals surface area contributed by atoms with Gasteiger partial charge in [0.25, 0.3) is 0 Å². The molecule has 6 aromatic rings. The predicted octanol–water partition coefficient (Wildman–Crippen LogP) is 9.61. The lowest BCUT2D eigenvalue weighted by atomic mass is 9.79. The molecule has 1 heterocycles. The number of nitrogens with zero attached hydrogens (tertiary/aromatic N) is 3. The van der Waals surface area contributed by atoms with E-state index in [1.54, 1.807) is 0 Å². The van der Waals surface area contributed by atoms with Gasteiger partial charge in [-0.3, -0.25) is 0 Å². The molecule has 0 bridgehead atoms. The van der Waals surface area contributed by atoms with Gasteiger partial charge in [0.05, 0.1) is 0 Å². The zero-order valence-corrected chi connectivity index (χ0v) is 23.9. The minimum absolute atomic E-state index is 0.119. The highest BCUT2D eigenvalue weighted by Crippen LogP contribution is 2.53. The summed E-state index contributed by atoms with van der Waals surface area (Å²) in [5.41, 5.74) is 10.4. The Morgan fingerprint density at radius 1 is 0.475 bits per heavy atom. The standard InChI is InChI=1S/C36H26BrN3/c1-36(2)31-19-10-9-18-28(31)30-22-27(37)21-29(32(30)36)25-16-11-17-26(20-25)35-39-33(23-12-5-3-6-13-23)38-34(40-35)24-14-7-4-8-15-24/h3-22H,1-2H3. The van der Waals surface area contributed by atoms with E-state index in [-0.39, 0.29) is 5.41 Å². The monoisotopic (exact) mass is 579 g/mol. The topological polar surface area (TPSA) is 38.7 Å². The van der Waals surface area contributed by atoms with Gasteiger partial charge in [0, 0.05) is 26.6 Å². The van der Waals surface area contributed by atoms with Gasteiger partial charge in [-0.05, 0) is 51.6 Å². The van der Waals surface area contributed by atoms with Crippen LogP contribution < -0.4 is 0 Å². The first kappa shape index (κ1) is 24.6. The summed E-state index contributed by atoms with van der Waals surface area (Å²) in [7, 11) is 0. The van der Waals surface area contributed by atoms with E-state index in [0.29, 0.717) is 17.5 Å². The van der Waals surface area contributed by atoms with Gasteiger partial charge in [0.1, 0.15) is 0 Å². The first-order chi connectivity index (χ1) is 19.5. The van der Waals surface area contributed by atoms with Crippen LogP contribution in [-0.2, 0) is 5.41 Å². The fourth-order valence-electron chi connectivity index (χ4n) is 5.88. The number of hydrogen-bond donors (Lipinski definition) is 0. The molecule has 1 aromatic heterocycles. The van der Waals surface area contributed by atoms with Crippen LogP contribution in [0.1, 0.15) is 25.0 Å². The molecule has 0 fully saturated rings. The van der Waals surface area contributed by atoms with Crippen molar-refractivity contribution in [3.05, 3.63) is 137 Å². The molecule has 1 aliphatic rings. The van der Waals surface area contributed by atoms with Crippen LogP contribution in [0.15, 0.2) is 126 Å². The van der Waals surface area contributed by atoms with Crippen molar-refractivity contribution < 1.29 is 0 Å². The summed E-state index contributed by atoms with van der Waals surface area (Å²) in [5, 5.41) is 0. The third-order valence-corrected chi connectivity index (χ3v) is 8.21. The van der Waals surface area contributed by atoms with Crippen molar-refractivity contribution in [3.63, 3.8) is 0 Å². The highest BCUT2D eigenvalue weighted by molar-refractivity contribution is 9.10. The quantitative estimate of drug-likeness (QED) is 0.208. The van der Waals surface area contributed by atoms with Crippen LogP contribution in [0.3, 0.4) is 0 Å². The number of aromatic nitrogens is 3. The Morgan fingerprint density at radius 3 is 1.62 bits per heavy atom. The summed E-state index contributed by atoms with van der Waals surface area (Å²) in [6, 6.07) is 42.0. The van der Waals surface area contributed by atoms with Crippen molar-refractivity contribution in [1.29, 1.82) is 0 Å². The Hall–Kier alpha value is -4.41. The maximum Gasteiger partial charge on any atom is 0.164 e. The van der Waals surface area contributed by atoms with E-state index in [4.69, 9.17) is 15.0 Å². The highest BCUT2D eigenvalue weighted by Gasteiger charge is 2.37. The first-order valence-electron chi connectivity index (χ1n) is 13.4. The van der Waals surface area contributed by atoms with Crippen LogP contribution in [0.5, 0.6) is 0 Å². The van der Waals surface area contributed by atoms with Gasteiger partial charge in [-0.25, -0.2) is 15.0 Å². The molecule has 40 heavy (non-hydrogen) atoms. The second-order valence-electron chi connectivity index (χ2n) is 10.7. The Balaban J connectivity index is 1.41. The molecule has 0 atom stereocenters. The number of benzene rings is 5. The smallest absolute Gasteiger partial charge is 0.164 e. The van der Waals surface area contributed by atoms with E-state index in [2.05, 4.69) is 90.4 Å². The molecule has 7 rings (SSSR count). The number of fused-ring (bicyclic) bond motifs is 3. The fraction of sp³-hybridized carbons (Fsp3) is 0.0833. The van der Waals surface area contributed by atoms with Gasteiger partial charge in [0.2, 0.25) is 0 Å². The second-order valence-corrected chi connectivity index (χ2v) is 11.6. The van der Waals surface area contributed by atoms with Crippen molar-refractivity contribution in [2.24, 2.45) is 0 Å². The van der Waals surface area contributed by atoms with Gasteiger partial charge >= 0.3 is 0 Å². The zero-order valence-electron chi connectivity index (χ0n) is 22.3. The van der Waals surface area contributed by atoms with Gasteiger partial charge in [-0.1, -0.05) is 133 Å². The highest BCUT2D eigenvalue weighted by atomic mass is 79.9. The SMILES string of the molecule is CC1(C)c2ccccc2-c2cc(Br)cc(-c3cccc(-c4nc(-c5ccccc5)nc(-c5ccccc5)n4)c3)c21. The van der Waals surface area contributed by atoms with E-state index in [9.17, 15) is 0 Å². The third-order valence-electron chi connectivity index (χ3n) is 7.75. The van der Waals surface area contributed by atoms with E-state index in [1.165, 1.54) is 27.8 Å². The van der Waals surface area contributed by atoms with E-state index >= 15 is 0 Å². The van der Waals surface area contributed by atoms with Crippen LogP contribution in [0.4, 0.5) is 0 Å². The molecule has 0 saturated carbocycles. The van der Waals surface area contributed by atoms with Crippen LogP contribution in [-0.4, -0.2) is 15.0 Å². The molecule has 0 aliphatic heterocycles. The molecule has 3 nitrogen and oxygen atoms in total. The molecule has 0 spiro atoms. The molecule has 5 aromatic carbocycles. The predicted molar refractivity (Wildman–Crippen MR) is 167 cm³/mol. The van der Waals surface area contributed by atoms with Crippen molar-refractivity contribution in [1.82, 2.24) is 15.0 Å². The molecule has 0 saturated heterocycles. The molecule has 0 N–H and O–H groups in total. The normalized spacial score (nSPS) is 13.1. The molecular formula is C36H26BrN3. The Morgan fingerprint density at radius 2 is 0.975 bits per heavy atom. The summed E-state index contributed by atoms with van der Waals surface area (Å²) in [6.07, 6.45) is 0. The number of rotatable bonds is 4. The zero-order chi connectivity index (χ0) is 27.3. The molecule has 0 radical (unpaired) electrons. The Labute approximate surface area is 242 Å². The van der Waals surface area contributed by atoms with Crippen LogP contribution in [0.25, 0.3) is 56.4 Å². The second kappa shape index (κ2) is 9.65. The number of halogens is 1. The Kier molecular flexibility index (Phi) is 5.94. The lowest BCUT2D eigenvalue weighted by molar-refractivity contribution is 0.662. The van der Waals surface area contributed by atoms with Crippen molar-refractivity contribution in [2.75, 3.05) is 0 Å². The molecule has 0 amide bonds. The summed E-state index contributed by atoms with van der Waals surface area (Å²) >= 11 is 3.80. The minimum Gasteiger partial charge on any atom is -0.208 e. The fourth-order valence-corrected chi connectivity index (χ4v) is 6.34. The Bertz CT molecular complexity index is 1820. The van der Waals surface area contributed by atoms with E-state index in [0.717, 1.165) is 26.7 Å². The summed E-state index contributed by atoms with van der Waals surface area (Å²) < 4.78 is 1.07. The van der Waals surface area contributed by atoms with Crippen LogP contribution in [0.2, 0.25) is 0 Å². The van der Waals surface area contributed by atoms with E-state index < -0.39 is 0 Å². The van der Waals surface area contributed by atoms with Crippen LogP contribution >= 0.6 is 15.9 Å². The van der Waals surface area contributed by atoms with Gasteiger partial charge in [0.15, 0.2) is 17.5 Å². The lowest BCUT2D eigenvalue weighted by Gasteiger charge is -2.25. The van der Waals surface area contributed by atoms with Crippen molar-refractivity contribution in [2.45, 2.75) is 19.3 Å². The lowest BCUT2D eigenvalue weighted by Crippen LogP contribution is -2.16. The third kappa shape index (κ3) is 4.16. The molecule has 0 unspecified atom stereocenters. The van der Waals surface area contributed by atoms with Gasteiger partial charge in [-0.2, -0.15) is 0 Å². The number of hydrogen-bond acceptors (Lipinski definition) is 3. The maximum absolute atomic E-state index is 4.95. The molecule has 1 aliphatic carbocycles. The average molecular weight is 581 g/mol. The molecule has 4 heteroatoms. The average Bonchev–Trinajstić information content (AvgIpc) is 3.23. The first-order valence-corrected chi connectivity index (χ1v) is 14.2. The van der Waals surface area contributed by atoms with Gasteiger partial charge in [-0.15, -0.1) is 0 Å². The summed E-state index contributed by atoms with van der Waals surface area (Å²) in [5.74, 6) is 1.98. The molecule has 192 valence electrons. The molecular weight excluding hydrogens is 554 g/mol. The minimum atomic E-state index is -0.119. The van der Waals surface area contributed by atoms with Crippen LogP contribution in [0, 0.1) is 0 Å².